The summed E-state index contributed by atoms with van der Waals surface area (Å²) in [5, 5.41) is 2.89. The summed E-state index contributed by atoms with van der Waals surface area (Å²) in [5.74, 6) is 0. The van der Waals surface area contributed by atoms with Crippen molar-refractivity contribution in [2.75, 3.05) is 25.0 Å². The standard InChI is InChI=1S/C26H25F6N3O4/c27-25(28,29)18-11-16(12-19(14-18)26(30,31)32)13-21(15-36)39-24(38)34-8-6-20(7-9-34)35-10-5-17-3-1-2-4-22(17)33-23(35)37/h1-4,11-12,14-15,20-21H,5-10,13H2,(H,33,37). The van der Waals surface area contributed by atoms with Crippen molar-refractivity contribution < 1.29 is 45.5 Å². The molecule has 13 heteroatoms. The predicted molar refractivity (Wildman–Crippen MR) is 127 cm³/mol. The van der Waals surface area contributed by atoms with E-state index in [-0.39, 0.29) is 37.5 Å². The molecule has 2 aromatic carbocycles. The van der Waals surface area contributed by atoms with Crippen molar-refractivity contribution in [1.29, 1.82) is 0 Å². The van der Waals surface area contributed by atoms with Gasteiger partial charge < -0.3 is 19.9 Å². The average Bonchev–Trinajstić information content (AvgIpc) is 3.05. The number of hydrogen-bond donors (Lipinski definition) is 1. The number of anilines is 1. The number of carbonyl (C=O) groups excluding carboxylic acids is 3. The van der Waals surface area contributed by atoms with Gasteiger partial charge in [0.15, 0.2) is 12.4 Å². The molecule has 2 heterocycles. The topological polar surface area (TPSA) is 79.0 Å². The maximum Gasteiger partial charge on any atom is 0.416 e. The van der Waals surface area contributed by atoms with Gasteiger partial charge in [-0.2, -0.15) is 26.3 Å². The van der Waals surface area contributed by atoms with Crippen molar-refractivity contribution in [3.05, 3.63) is 64.7 Å². The number of amides is 3. The number of carbonyl (C=O) groups is 3. The van der Waals surface area contributed by atoms with Crippen LogP contribution in [0.3, 0.4) is 0 Å². The Morgan fingerprint density at radius 1 is 1.00 bits per heavy atom. The monoisotopic (exact) mass is 557 g/mol. The molecule has 0 aliphatic carbocycles. The first-order valence-corrected chi connectivity index (χ1v) is 12.2. The molecule has 2 aromatic rings. The molecule has 4 rings (SSSR count). The van der Waals surface area contributed by atoms with Crippen molar-refractivity contribution in [3.8, 4) is 0 Å². The summed E-state index contributed by atoms with van der Waals surface area (Å²) in [6.45, 7) is 0.864. The fourth-order valence-electron chi connectivity index (χ4n) is 4.79. The van der Waals surface area contributed by atoms with E-state index in [9.17, 15) is 40.7 Å². The third-order valence-electron chi connectivity index (χ3n) is 6.79. The number of rotatable bonds is 5. The zero-order valence-corrected chi connectivity index (χ0v) is 20.5. The first-order chi connectivity index (χ1) is 18.3. The van der Waals surface area contributed by atoms with Crippen LogP contribution in [0.25, 0.3) is 0 Å². The van der Waals surface area contributed by atoms with Crippen LogP contribution in [0.4, 0.5) is 41.6 Å². The molecule has 39 heavy (non-hydrogen) atoms. The Kier molecular flexibility index (Phi) is 8.07. The lowest BCUT2D eigenvalue weighted by molar-refractivity contribution is -0.143. The third kappa shape index (κ3) is 6.82. The number of ether oxygens (including phenoxy) is 1. The molecular weight excluding hydrogens is 532 g/mol. The largest absolute Gasteiger partial charge is 0.438 e. The Hall–Kier alpha value is -3.77. The van der Waals surface area contributed by atoms with E-state index in [0.29, 0.717) is 37.9 Å². The minimum atomic E-state index is -5.04. The van der Waals surface area contributed by atoms with E-state index in [2.05, 4.69) is 5.32 Å². The molecule has 3 amide bonds. The molecule has 0 bridgehead atoms. The highest BCUT2D eigenvalue weighted by Gasteiger charge is 2.37. The Morgan fingerprint density at radius 3 is 2.21 bits per heavy atom. The predicted octanol–water partition coefficient (Wildman–Crippen LogP) is 5.53. The Bertz CT molecular complexity index is 1190. The van der Waals surface area contributed by atoms with Crippen molar-refractivity contribution in [2.45, 2.75) is 50.2 Å². The fourth-order valence-corrected chi connectivity index (χ4v) is 4.79. The van der Waals surface area contributed by atoms with Gasteiger partial charge in [0.25, 0.3) is 0 Å². The Morgan fingerprint density at radius 2 is 1.62 bits per heavy atom. The van der Waals surface area contributed by atoms with Crippen LogP contribution in [0.5, 0.6) is 0 Å². The summed E-state index contributed by atoms with van der Waals surface area (Å²) in [5.41, 5.74) is -1.74. The molecule has 2 aliphatic rings. The van der Waals surface area contributed by atoms with Crippen molar-refractivity contribution in [2.24, 2.45) is 0 Å². The van der Waals surface area contributed by atoms with Crippen LogP contribution >= 0.6 is 0 Å². The van der Waals surface area contributed by atoms with Crippen molar-refractivity contribution in [3.63, 3.8) is 0 Å². The number of likely N-dealkylation sites (tertiary alicyclic amines) is 1. The molecule has 1 unspecified atom stereocenters. The normalized spacial score (nSPS) is 17.6. The molecule has 210 valence electrons. The van der Waals surface area contributed by atoms with E-state index >= 15 is 0 Å². The third-order valence-corrected chi connectivity index (χ3v) is 6.79. The van der Waals surface area contributed by atoms with E-state index < -0.39 is 47.7 Å². The molecule has 7 nitrogen and oxygen atoms in total. The number of nitrogens with zero attached hydrogens (tertiary/aromatic N) is 2. The van der Waals surface area contributed by atoms with Crippen LogP contribution in [0, 0.1) is 0 Å². The first-order valence-electron chi connectivity index (χ1n) is 12.2. The van der Waals surface area contributed by atoms with Crippen LogP contribution < -0.4 is 5.32 Å². The van der Waals surface area contributed by atoms with Crippen LogP contribution in [-0.4, -0.2) is 60.0 Å². The van der Waals surface area contributed by atoms with Crippen molar-refractivity contribution >= 4 is 24.1 Å². The Labute approximate surface area is 219 Å². The summed E-state index contributed by atoms with van der Waals surface area (Å²) in [6.07, 6.45) is -11.6. The second kappa shape index (κ2) is 11.1. The maximum absolute atomic E-state index is 13.1. The number of halogens is 6. The van der Waals surface area contributed by atoms with E-state index in [4.69, 9.17) is 4.74 Å². The first kappa shape index (κ1) is 28.2. The molecule has 1 fully saturated rings. The van der Waals surface area contributed by atoms with Crippen molar-refractivity contribution in [1.82, 2.24) is 9.80 Å². The van der Waals surface area contributed by atoms with Gasteiger partial charge in [-0.3, -0.25) is 4.79 Å². The highest BCUT2D eigenvalue weighted by molar-refractivity contribution is 5.91. The molecule has 2 aliphatic heterocycles. The number of hydrogen-bond acceptors (Lipinski definition) is 4. The summed E-state index contributed by atoms with van der Waals surface area (Å²) >= 11 is 0. The molecule has 1 saturated heterocycles. The summed E-state index contributed by atoms with van der Waals surface area (Å²) in [4.78, 5) is 39.9. The number of fused-ring (bicyclic) bond motifs is 1. The van der Waals surface area contributed by atoms with E-state index in [0.717, 1.165) is 11.3 Å². The summed E-state index contributed by atoms with van der Waals surface area (Å²) in [6, 6.07) is 8.04. The smallest absolute Gasteiger partial charge is 0.416 e. The minimum absolute atomic E-state index is 0.0150. The fraction of sp³-hybridized carbons (Fsp3) is 0.423. The zero-order valence-electron chi connectivity index (χ0n) is 20.5. The van der Waals surface area contributed by atoms with E-state index in [1.165, 1.54) is 4.90 Å². The van der Waals surface area contributed by atoms with Gasteiger partial charge in [-0.25, -0.2) is 9.59 Å². The van der Waals surface area contributed by atoms with Crippen LogP contribution in [-0.2, 0) is 34.7 Å². The summed E-state index contributed by atoms with van der Waals surface area (Å²) in [7, 11) is 0. The highest BCUT2D eigenvalue weighted by Crippen LogP contribution is 2.36. The number of alkyl halides is 6. The number of piperidine rings is 1. The zero-order chi connectivity index (χ0) is 28.4. The highest BCUT2D eigenvalue weighted by atomic mass is 19.4. The molecular formula is C26H25F6N3O4. The second-order valence-corrected chi connectivity index (χ2v) is 9.43. The molecule has 0 aromatic heterocycles. The number of para-hydroxylation sites is 1. The SMILES string of the molecule is O=CC(Cc1cc(C(F)(F)F)cc(C(F)(F)F)c1)OC(=O)N1CCC(N2CCc3ccccc3NC2=O)CC1. The van der Waals surface area contributed by atoms with Gasteiger partial charge in [0.05, 0.1) is 11.1 Å². The average molecular weight is 557 g/mol. The molecule has 0 radical (unpaired) electrons. The van der Waals surface area contributed by atoms with Gasteiger partial charge in [0, 0.05) is 37.8 Å². The van der Waals surface area contributed by atoms with Crippen LogP contribution in [0.2, 0.25) is 0 Å². The number of benzene rings is 2. The number of aldehydes is 1. The Balaban J connectivity index is 1.36. The van der Waals surface area contributed by atoms with Gasteiger partial charge in [0.1, 0.15) is 0 Å². The van der Waals surface area contributed by atoms with Crippen LogP contribution in [0.1, 0.15) is 35.1 Å². The molecule has 1 atom stereocenters. The second-order valence-electron chi connectivity index (χ2n) is 9.43. The van der Waals surface area contributed by atoms with Crippen LogP contribution in [0.15, 0.2) is 42.5 Å². The lowest BCUT2D eigenvalue weighted by Gasteiger charge is -2.37. The van der Waals surface area contributed by atoms with Gasteiger partial charge in [0.2, 0.25) is 0 Å². The maximum atomic E-state index is 13.1. The molecule has 0 saturated carbocycles. The van der Waals surface area contributed by atoms with Gasteiger partial charge >= 0.3 is 24.5 Å². The van der Waals surface area contributed by atoms with E-state index in [1.54, 1.807) is 4.90 Å². The lowest BCUT2D eigenvalue weighted by atomic mass is 10.0. The number of nitrogens with one attached hydrogen (secondary N) is 1. The number of urea groups is 1. The molecule has 0 spiro atoms. The van der Waals surface area contributed by atoms with Gasteiger partial charge in [-0.1, -0.05) is 18.2 Å². The molecule has 1 N–H and O–H groups in total. The van der Waals surface area contributed by atoms with Gasteiger partial charge in [-0.15, -0.1) is 0 Å². The minimum Gasteiger partial charge on any atom is -0.438 e. The summed E-state index contributed by atoms with van der Waals surface area (Å²) < 4.78 is 83.9. The lowest BCUT2D eigenvalue weighted by Crippen LogP contribution is -2.50. The quantitative estimate of drug-likeness (QED) is 0.388. The van der Waals surface area contributed by atoms with E-state index in [1.807, 2.05) is 24.3 Å². The van der Waals surface area contributed by atoms with Gasteiger partial charge in [-0.05, 0) is 54.7 Å².